The Balaban J connectivity index is 1.07. The number of para-hydroxylation sites is 5. The van der Waals surface area contributed by atoms with Gasteiger partial charge in [0.1, 0.15) is 16.6 Å². The van der Waals surface area contributed by atoms with Crippen LogP contribution in [-0.2, 0) is 0 Å². The van der Waals surface area contributed by atoms with Crippen LogP contribution >= 0.6 is 0 Å². The maximum atomic E-state index is 5.88. The van der Waals surface area contributed by atoms with E-state index in [1.165, 1.54) is 42.3 Å². The maximum absolute atomic E-state index is 5.88. The van der Waals surface area contributed by atoms with E-state index in [0.717, 1.165) is 72.2 Å². The van der Waals surface area contributed by atoms with Crippen LogP contribution in [0.25, 0.3) is 93.8 Å². The Morgan fingerprint density at radius 1 is 0.250 bits per heavy atom. The van der Waals surface area contributed by atoms with E-state index in [1.807, 2.05) is 0 Å². The van der Waals surface area contributed by atoms with Crippen molar-refractivity contribution in [2.24, 2.45) is 0 Å². The highest BCUT2D eigenvalue weighted by Crippen LogP contribution is 2.40. The second-order valence-electron chi connectivity index (χ2n) is 17.7. The van der Waals surface area contributed by atoms with Crippen LogP contribution in [0.1, 0.15) is 0 Å². The zero-order chi connectivity index (χ0) is 44.8. The highest BCUT2D eigenvalue weighted by molar-refractivity contribution is 7.19. The molecule has 6 heteroatoms. The molecule has 10 aromatic carbocycles. The van der Waals surface area contributed by atoms with Crippen molar-refractivity contribution < 1.29 is 0 Å². The van der Waals surface area contributed by atoms with Crippen molar-refractivity contribution in [1.82, 2.24) is 23.7 Å². The van der Waals surface area contributed by atoms with Crippen LogP contribution in [-0.4, -0.2) is 31.7 Å². The summed E-state index contributed by atoms with van der Waals surface area (Å²) in [4.78, 5) is 11.7. The Morgan fingerprint density at radius 3 is 0.985 bits per heavy atom. The average Bonchev–Trinajstić information content (AvgIpc) is 4.05. The van der Waals surface area contributed by atoms with Crippen molar-refractivity contribution in [3.8, 4) is 17.1 Å². The van der Waals surface area contributed by atoms with Gasteiger partial charge in [0.05, 0.1) is 39.0 Å². The summed E-state index contributed by atoms with van der Waals surface area (Å²) >= 11 is 0. The number of rotatable bonds is 7. The predicted molar refractivity (Wildman–Crippen MR) is 286 cm³/mol. The van der Waals surface area contributed by atoms with Gasteiger partial charge in [0.2, 0.25) is 0 Å². The van der Waals surface area contributed by atoms with Crippen LogP contribution < -0.4 is 20.7 Å². The molecule has 0 saturated carbocycles. The predicted octanol–water partition coefficient (Wildman–Crippen LogP) is 12.3. The van der Waals surface area contributed by atoms with E-state index in [4.69, 9.17) is 9.97 Å². The zero-order valence-electron chi connectivity index (χ0n) is 36.9. The highest BCUT2D eigenvalue weighted by Gasteiger charge is 2.41. The maximum Gasteiger partial charge on any atom is 0.179 e. The van der Waals surface area contributed by atoms with Gasteiger partial charge in [-0.15, -0.1) is 0 Å². The monoisotopic (exact) mass is 883 g/mol. The summed E-state index contributed by atoms with van der Waals surface area (Å²) in [7, 11) is -2.75. The number of hydrogen-bond acceptors (Lipinski definition) is 2. The molecule has 0 amide bonds. The second-order valence-corrected chi connectivity index (χ2v) is 21.5. The van der Waals surface area contributed by atoms with Gasteiger partial charge in [-0.05, 0) is 75.3 Å². The Hall–Kier alpha value is -8.84. The lowest BCUT2D eigenvalue weighted by Gasteiger charge is -2.34. The van der Waals surface area contributed by atoms with Crippen LogP contribution in [0.3, 0.4) is 0 Å². The molecule has 0 spiro atoms. The molecule has 0 aliphatic heterocycles. The molecule has 0 fully saturated rings. The van der Waals surface area contributed by atoms with Gasteiger partial charge in [-0.1, -0.05) is 194 Å². The number of hydrogen-bond donors (Lipinski definition) is 0. The van der Waals surface area contributed by atoms with Crippen LogP contribution in [0.4, 0.5) is 0 Å². The van der Waals surface area contributed by atoms with E-state index < -0.39 is 8.07 Å². The molecular weight excluding hydrogens is 843 g/mol. The minimum atomic E-state index is -2.75. The molecule has 0 aliphatic rings. The lowest BCUT2D eigenvalue weighted by molar-refractivity contribution is 1.12. The van der Waals surface area contributed by atoms with Gasteiger partial charge in [0.25, 0.3) is 0 Å². The van der Waals surface area contributed by atoms with Crippen molar-refractivity contribution >= 4 is 106 Å². The number of nitrogens with zero attached hydrogens (tertiary/aromatic N) is 5. The fourth-order valence-corrected chi connectivity index (χ4v) is 16.1. The molecule has 68 heavy (non-hydrogen) atoms. The fraction of sp³-hybridized carbons (Fsp3) is 0. The van der Waals surface area contributed by atoms with E-state index in [-0.39, 0.29) is 0 Å². The first-order valence-corrected chi connectivity index (χ1v) is 25.3. The van der Waals surface area contributed by atoms with Crippen LogP contribution in [0.2, 0.25) is 0 Å². The van der Waals surface area contributed by atoms with Crippen molar-refractivity contribution in [2.45, 2.75) is 0 Å². The molecule has 14 aromatic rings. The van der Waals surface area contributed by atoms with E-state index in [9.17, 15) is 0 Å². The van der Waals surface area contributed by atoms with Crippen LogP contribution in [0, 0.1) is 0 Å². The number of aromatic nitrogens is 5. The van der Waals surface area contributed by atoms with Crippen LogP contribution in [0.5, 0.6) is 0 Å². The van der Waals surface area contributed by atoms with Gasteiger partial charge in [-0.25, -0.2) is 9.97 Å². The molecule has 14 rings (SSSR count). The third kappa shape index (κ3) is 5.49. The molecule has 5 nitrogen and oxygen atoms in total. The zero-order valence-corrected chi connectivity index (χ0v) is 37.9. The summed E-state index contributed by atoms with van der Waals surface area (Å²) in [5.41, 5.74) is 11.9. The van der Waals surface area contributed by atoms with Crippen molar-refractivity contribution in [3.05, 3.63) is 249 Å². The summed E-state index contributed by atoms with van der Waals surface area (Å²) in [5.74, 6) is 0. The molecule has 0 atom stereocenters. The Morgan fingerprint density at radius 2 is 0.574 bits per heavy atom. The fourth-order valence-electron chi connectivity index (χ4n) is 11.3. The smallest absolute Gasteiger partial charge is 0.179 e. The third-order valence-corrected chi connectivity index (χ3v) is 19.0. The number of benzene rings is 10. The first kappa shape index (κ1) is 38.4. The molecular formula is C62H41N5Si. The molecule has 0 bridgehead atoms. The summed E-state index contributed by atoms with van der Waals surface area (Å²) in [6.07, 6.45) is 0. The molecule has 318 valence electrons. The Kier molecular flexibility index (Phi) is 8.54. The summed E-state index contributed by atoms with van der Waals surface area (Å²) in [6, 6.07) is 90.6. The summed E-state index contributed by atoms with van der Waals surface area (Å²) < 4.78 is 7.08. The minimum absolute atomic E-state index is 0.811. The molecule has 0 saturated heterocycles. The van der Waals surface area contributed by atoms with Crippen molar-refractivity contribution in [3.63, 3.8) is 0 Å². The van der Waals surface area contributed by atoms with Gasteiger partial charge in [-0.2, -0.15) is 0 Å². The van der Waals surface area contributed by atoms with E-state index in [0.29, 0.717) is 0 Å². The Labute approximate surface area is 393 Å². The van der Waals surface area contributed by atoms with E-state index >= 15 is 0 Å². The van der Waals surface area contributed by atoms with Gasteiger partial charge >= 0.3 is 0 Å². The highest BCUT2D eigenvalue weighted by atomic mass is 28.3. The molecule has 4 aromatic heterocycles. The van der Waals surface area contributed by atoms with Gasteiger partial charge in [0, 0.05) is 32.6 Å². The minimum Gasteiger partial charge on any atom is -0.307 e. The molecule has 0 radical (unpaired) electrons. The van der Waals surface area contributed by atoms with Crippen molar-refractivity contribution in [2.75, 3.05) is 0 Å². The normalized spacial score (nSPS) is 12.1. The quantitative estimate of drug-likeness (QED) is 0.118. The first-order chi connectivity index (χ1) is 33.8. The average molecular weight is 884 g/mol. The van der Waals surface area contributed by atoms with E-state index in [1.54, 1.807) is 0 Å². The van der Waals surface area contributed by atoms with Gasteiger partial charge < -0.3 is 9.13 Å². The lowest BCUT2D eigenvalue weighted by Crippen LogP contribution is -2.74. The topological polar surface area (TPSA) is 40.6 Å². The Bertz CT molecular complexity index is 4040. The lowest BCUT2D eigenvalue weighted by atomic mass is 10.1. The van der Waals surface area contributed by atoms with Crippen LogP contribution in [0.15, 0.2) is 249 Å². The summed E-state index contributed by atoms with van der Waals surface area (Å²) in [6.45, 7) is 0. The number of fused-ring (bicyclic) bond motifs is 10. The largest absolute Gasteiger partial charge is 0.307 e. The van der Waals surface area contributed by atoms with Crippen molar-refractivity contribution in [1.29, 1.82) is 0 Å². The summed E-state index contributed by atoms with van der Waals surface area (Å²) in [5, 5.41) is 11.2. The first-order valence-electron chi connectivity index (χ1n) is 23.3. The molecule has 0 aliphatic carbocycles. The molecule has 0 N–H and O–H groups in total. The second kappa shape index (κ2) is 15.1. The third-order valence-electron chi connectivity index (χ3n) is 14.2. The molecule has 4 heterocycles. The van der Waals surface area contributed by atoms with Gasteiger partial charge in [0.15, 0.2) is 13.7 Å². The molecule has 0 unspecified atom stereocenters. The van der Waals surface area contributed by atoms with E-state index in [2.05, 4.69) is 262 Å². The SMILES string of the molecule is c1ccc([Si](c2ccccc2)(c2ccccc2)c2ccc(-n3c4ccccc4c4nc5c(-n6c7ccccc7c7ccccc76)ccc(-n6c7ccccc7c7ccccc76)c5nc43)cc2)cc1. The van der Waals surface area contributed by atoms with Gasteiger partial charge in [-0.3, -0.25) is 4.57 Å². The standard InChI is InChI=1S/C62H41N5Si/c1-4-20-43(21-5-1)68(44-22-6-2-7-23-44,45-24-8-3-9-25-45)46-38-36-42(37-39-46)65-56-35-19-14-30-51(56)59-62(65)64-61-58(67-54-33-17-12-28-49(54)50-29-13-18-34-55(50)67)41-40-57(60(61)63-59)66-52-31-15-10-26-47(52)48-27-11-16-32-53(48)66/h1-41H.